The number of nitrogens with one attached hydrogen (secondary N) is 2. The van der Waals surface area contributed by atoms with Gasteiger partial charge in [-0.05, 0) is 55.2 Å². The van der Waals surface area contributed by atoms with Crippen LogP contribution in [0.4, 0.5) is 14.9 Å². The first kappa shape index (κ1) is 19.8. The maximum atomic E-state index is 13.6. The van der Waals surface area contributed by atoms with Gasteiger partial charge in [-0.1, -0.05) is 25.1 Å². The lowest BCUT2D eigenvalue weighted by Gasteiger charge is -2.35. The Bertz CT molecular complexity index is 1160. The van der Waals surface area contributed by atoms with E-state index < -0.39 is 0 Å². The van der Waals surface area contributed by atoms with Crippen molar-refractivity contribution in [2.45, 2.75) is 39.3 Å². The molecule has 1 aromatic heterocycles. The molecule has 6 nitrogen and oxygen atoms in total. The average molecular weight is 406 g/mol. The van der Waals surface area contributed by atoms with Crippen molar-refractivity contribution in [2.75, 3.05) is 5.32 Å². The van der Waals surface area contributed by atoms with E-state index in [1.54, 1.807) is 29.2 Å². The number of aromatic amines is 1. The van der Waals surface area contributed by atoms with Crippen molar-refractivity contribution >= 4 is 11.7 Å². The molecular weight excluding hydrogens is 383 g/mol. The van der Waals surface area contributed by atoms with Gasteiger partial charge in [0.15, 0.2) is 0 Å². The first-order valence-electron chi connectivity index (χ1n) is 9.98. The van der Waals surface area contributed by atoms with Crippen LogP contribution in [0.25, 0.3) is 11.4 Å². The van der Waals surface area contributed by atoms with Crippen LogP contribution in [0.1, 0.15) is 30.7 Å². The van der Waals surface area contributed by atoms with Gasteiger partial charge < -0.3 is 15.2 Å². The fourth-order valence-electron chi connectivity index (χ4n) is 3.75. The summed E-state index contributed by atoms with van der Waals surface area (Å²) in [4.78, 5) is 33.7. The maximum Gasteiger partial charge on any atom is 0.322 e. The van der Waals surface area contributed by atoms with Gasteiger partial charge in [0.1, 0.15) is 11.6 Å². The summed E-state index contributed by atoms with van der Waals surface area (Å²) in [5.41, 5.74) is 3.70. The molecule has 0 radical (unpaired) electrons. The van der Waals surface area contributed by atoms with E-state index in [-0.39, 0.29) is 23.4 Å². The van der Waals surface area contributed by atoms with E-state index in [1.807, 2.05) is 19.9 Å². The van der Waals surface area contributed by atoms with Crippen molar-refractivity contribution in [3.63, 3.8) is 0 Å². The Morgan fingerprint density at radius 3 is 2.87 bits per heavy atom. The van der Waals surface area contributed by atoms with Crippen LogP contribution in [0.2, 0.25) is 0 Å². The second kappa shape index (κ2) is 8.10. The van der Waals surface area contributed by atoms with Crippen molar-refractivity contribution < 1.29 is 9.18 Å². The number of amides is 2. The zero-order valence-corrected chi connectivity index (χ0v) is 16.9. The first-order chi connectivity index (χ1) is 14.4. The standard InChI is InChI=1S/C23H23FN4O2/c1-3-19-12-21(29)27-22(25-19)16-5-4-6-20(11-16)26-23(30)28-13-17-10-18(24)8-7-15(17)9-14(28)2/h4-8,10-12,14H,3,9,13H2,1-2H3,(H,26,30)(H,25,27,29). The Labute approximate surface area is 173 Å². The van der Waals surface area contributed by atoms with Crippen molar-refractivity contribution in [2.24, 2.45) is 0 Å². The number of hydrogen-bond donors (Lipinski definition) is 2. The molecule has 7 heteroatoms. The zero-order valence-electron chi connectivity index (χ0n) is 16.9. The summed E-state index contributed by atoms with van der Waals surface area (Å²) in [5, 5.41) is 2.91. The van der Waals surface area contributed by atoms with Gasteiger partial charge >= 0.3 is 6.03 Å². The third kappa shape index (κ3) is 4.10. The molecule has 0 spiro atoms. The summed E-state index contributed by atoms with van der Waals surface area (Å²) in [5.74, 6) is 0.165. The number of aryl methyl sites for hydroxylation is 1. The predicted molar refractivity (Wildman–Crippen MR) is 114 cm³/mol. The summed E-state index contributed by atoms with van der Waals surface area (Å²) in [6.45, 7) is 4.27. The molecule has 2 amide bonds. The van der Waals surface area contributed by atoms with E-state index in [2.05, 4.69) is 15.3 Å². The number of fused-ring (bicyclic) bond motifs is 1. The van der Waals surface area contributed by atoms with Crippen molar-refractivity contribution in [1.82, 2.24) is 14.9 Å². The number of urea groups is 1. The zero-order chi connectivity index (χ0) is 21.3. The summed E-state index contributed by atoms with van der Waals surface area (Å²) >= 11 is 0. The average Bonchev–Trinajstić information content (AvgIpc) is 2.73. The third-order valence-corrected chi connectivity index (χ3v) is 5.36. The number of carbonyl (C=O) groups is 1. The molecular formula is C23H23FN4O2. The highest BCUT2D eigenvalue weighted by atomic mass is 19.1. The van der Waals surface area contributed by atoms with E-state index in [0.717, 1.165) is 11.1 Å². The molecule has 2 aromatic carbocycles. The molecule has 0 fully saturated rings. The van der Waals surface area contributed by atoms with Gasteiger partial charge in [0.2, 0.25) is 0 Å². The molecule has 1 atom stereocenters. The number of carbonyl (C=O) groups excluding carboxylic acids is 1. The highest BCUT2D eigenvalue weighted by molar-refractivity contribution is 5.90. The van der Waals surface area contributed by atoms with E-state index in [9.17, 15) is 14.0 Å². The van der Waals surface area contributed by atoms with Crippen LogP contribution in [0, 0.1) is 5.82 Å². The number of halogens is 1. The van der Waals surface area contributed by atoms with Crippen LogP contribution in [0.15, 0.2) is 53.3 Å². The van der Waals surface area contributed by atoms with Crippen LogP contribution in [0.3, 0.4) is 0 Å². The quantitative estimate of drug-likeness (QED) is 0.687. The molecule has 2 heterocycles. The SMILES string of the molecule is CCc1cc(=O)[nH]c(-c2cccc(NC(=O)N3Cc4cc(F)ccc4CC3C)c2)n1. The number of aromatic nitrogens is 2. The maximum absolute atomic E-state index is 13.6. The van der Waals surface area contributed by atoms with E-state index in [1.165, 1.54) is 18.2 Å². The lowest BCUT2D eigenvalue weighted by atomic mass is 9.95. The van der Waals surface area contributed by atoms with E-state index in [0.29, 0.717) is 42.2 Å². The Hall–Kier alpha value is -3.48. The van der Waals surface area contributed by atoms with Gasteiger partial charge in [0, 0.05) is 35.6 Å². The summed E-state index contributed by atoms with van der Waals surface area (Å²) < 4.78 is 13.6. The van der Waals surface area contributed by atoms with E-state index in [4.69, 9.17) is 0 Å². The van der Waals surface area contributed by atoms with Crippen molar-refractivity contribution in [3.05, 3.63) is 81.5 Å². The van der Waals surface area contributed by atoms with Crippen LogP contribution < -0.4 is 10.9 Å². The van der Waals surface area contributed by atoms with Crippen LogP contribution in [-0.4, -0.2) is 26.9 Å². The largest absolute Gasteiger partial charge is 0.322 e. The number of H-pyrrole nitrogens is 1. The van der Waals surface area contributed by atoms with Gasteiger partial charge in [-0.3, -0.25) is 4.79 Å². The van der Waals surface area contributed by atoms with Gasteiger partial charge in [-0.15, -0.1) is 0 Å². The molecule has 4 rings (SSSR count). The first-order valence-corrected chi connectivity index (χ1v) is 9.98. The van der Waals surface area contributed by atoms with Gasteiger partial charge in [0.05, 0.1) is 0 Å². The van der Waals surface area contributed by atoms with Gasteiger partial charge in [-0.2, -0.15) is 0 Å². The topological polar surface area (TPSA) is 78.1 Å². The fourth-order valence-corrected chi connectivity index (χ4v) is 3.75. The molecule has 0 aliphatic carbocycles. The monoisotopic (exact) mass is 406 g/mol. The van der Waals surface area contributed by atoms with Crippen LogP contribution in [0.5, 0.6) is 0 Å². The summed E-state index contributed by atoms with van der Waals surface area (Å²) in [6.07, 6.45) is 1.33. The van der Waals surface area contributed by atoms with Gasteiger partial charge in [-0.25, -0.2) is 14.2 Å². The number of nitrogens with zero attached hydrogens (tertiary/aromatic N) is 2. The predicted octanol–water partition coefficient (Wildman–Crippen LogP) is 4.12. The second-order valence-corrected chi connectivity index (χ2v) is 7.54. The Kier molecular flexibility index (Phi) is 5.35. The normalized spacial score (nSPS) is 15.6. The van der Waals surface area contributed by atoms with Gasteiger partial charge in [0.25, 0.3) is 5.56 Å². The van der Waals surface area contributed by atoms with Crippen molar-refractivity contribution in [3.8, 4) is 11.4 Å². The molecule has 0 bridgehead atoms. The number of rotatable bonds is 3. The molecule has 0 saturated heterocycles. The number of anilines is 1. The molecule has 0 saturated carbocycles. The minimum absolute atomic E-state index is 0.00889. The lowest BCUT2D eigenvalue weighted by Crippen LogP contribution is -2.44. The molecule has 1 aliphatic rings. The Morgan fingerprint density at radius 2 is 2.07 bits per heavy atom. The highest BCUT2D eigenvalue weighted by Gasteiger charge is 2.27. The Balaban J connectivity index is 1.55. The molecule has 1 unspecified atom stereocenters. The minimum Gasteiger partial charge on any atom is -0.317 e. The molecule has 154 valence electrons. The van der Waals surface area contributed by atoms with E-state index >= 15 is 0 Å². The third-order valence-electron chi connectivity index (χ3n) is 5.36. The smallest absolute Gasteiger partial charge is 0.317 e. The lowest BCUT2D eigenvalue weighted by molar-refractivity contribution is 0.182. The van der Waals surface area contributed by atoms with Crippen LogP contribution in [-0.2, 0) is 19.4 Å². The molecule has 2 N–H and O–H groups in total. The fraction of sp³-hybridized carbons (Fsp3) is 0.261. The molecule has 3 aromatic rings. The second-order valence-electron chi connectivity index (χ2n) is 7.54. The highest BCUT2D eigenvalue weighted by Crippen LogP contribution is 2.25. The summed E-state index contributed by atoms with van der Waals surface area (Å²) in [6, 6.07) is 13.1. The summed E-state index contributed by atoms with van der Waals surface area (Å²) in [7, 11) is 0. The van der Waals surface area contributed by atoms with Crippen molar-refractivity contribution in [1.29, 1.82) is 0 Å². The number of benzene rings is 2. The molecule has 1 aliphatic heterocycles. The Morgan fingerprint density at radius 1 is 1.23 bits per heavy atom. The minimum atomic E-state index is -0.299. The number of hydrogen-bond acceptors (Lipinski definition) is 3. The molecule has 30 heavy (non-hydrogen) atoms. The van der Waals surface area contributed by atoms with Crippen LogP contribution >= 0.6 is 0 Å².